The number of carbonyl (C=O) groups excluding carboxylic acids is 1. The molecule has 0 aliphatic carbocycles. The lowest BCUT2D eigenvalue weighted by molar-refractivity contribution is 0.101. The van der Waals surface area contributed by atoms with Crippen LogP contribution >= 0.6 is 0 Å². The maximum atomic E-state index is 13.9. The predicted molar refractivity (Wildman–Crippen MR) is 124 cm³/mol. The first kappa shape index (κ1) is 21.3. The second-order valence-electron chi connectivity index (χ2n) is 8.20. The van der Waals surface area contributed by atoms with E-state index in [-0.39, 0.29) is 47.6 Å². The molecule has 4 heterocycles. The van der Waals surface area contributed by atoms with Crippen molar-refractivity contribution in [2.24, 2.45) is 0 Å². The zero-order chi connectivity index (χ0) is 23.5. The molecule has 9 nitrogen and oxygen atoms in total. The number of halogens is 1. The fourth-order valence-corrected chi connectivity index (χ4v) is 5.31. The number of nitrogens with zero attached hydrogens (tertiary/aromatic N) is 5. The number of nitrogens with two attached hydrogens (primary N) is 1. The number of nitrogen functional groups attached to an aromatic ring is 1. The lowest BCUT2D eigenvalue weighted by Gasteiger charge is -2.29. The molecule has 5 rings (SSSR count). The highest BCUT2D eigenvalue weighted by atomic mass is 32.2. The third kappa shape index (κ3) is 3.58. The van der Waals surface area contributed by atoms with Gasteiger partial charge in [0, 0.05) is 41.9 Å². The van der Waals surface area contributed by atoms with E-state index in [0.717, 1.165) is 5.39 Å². The normalized spacial score (nSPS) is 15.9. The zero-order valence-corrected chi connectivity index (χ0v) is 18.9. The molecule has 4 aromatic rings. The summed E-state index contributed by atoms with van der Waals surface area (Å²) in [7, 11) is -3.12. The van der Waals surface area contributed by atoms with Crippen LogP contribution in [0.3, 0.4) is 0 Å². The number of fused-ring (bicyclic) bond motifs is 2. The number of pyridine rings is 1. The number of anilines is 2. The van der Waals surface area contributed by atoms with Gasteiger partial charge in [-0.05, 0) is 31.5 Å². The fourth-order valence-electron chi connectivity index (χ4n) is 4.11. The Labute approximate surface area is 189 Å². The van der Waals surface area contributed by atoms with Crippen molar-refractivity contribution in [3.05, 3.63) is 47.5 Å². The van der Waals surface area contributed by atoms with E-state index in [1.54, 1.807) is 30.3 Å². The molecule has 1 saturated heterocycles. The number of hydrogen-bond acceptors (Lipinski definition) is 8. The van der Waals surface area contributed by atoms with Gasteiger partial charge < -0.3 is 10.6 Å². The monoisotopic (exact) mass is 468 g/mol. The minimum atomic E-state index is -3.12. The average molecular weight is 469 g/mol. The van der Waals surface area contributed by atoms with Gasteiger partial charge >= 0.3 is 0 Å². The van der Waals surface area contributed by atoms with Crippen LogP contribution in [0.2, 0.25) is 0 Å². The zero-order valence-electron chi connectivity index (χ0n) is 18.0. The number of sulfone groups is 1. The van der Waals surface area contributed by atoms with Crippen LogP contribution in [0.25, 0.3) is 27.7 Å². The van der Waals surface area contributed by atoms with Gasteiger partial charge in [-0.3, -0.25) is 9.78 Å². The SMILES string of the molecule is CC(=O)c1c(N2CCS(=O)(=O)CC2)nc2c(-c3cnc4cc(F)c(C)cc4c3)cnn2c1N. The van der Waals surface area contributed by atoms with Gasteiger partial charge in [-0.25, -0.2) is 17.8 Å². The maximum Gasteiger partial charge on any atom is 0.167 e. The first-order valence-corrected chi connectivity index (χ1v) is 12.2. The lowest BCUT2D eigenvalue weighted by atomic mass is 10.1. The van der Waals surface area contributed by atoms with E-state index in [9.17, 15) is 17.6 Å². The van der Waals surface area contributed by atoms with Crippen LogP contribution in [0.15, 0.2) is 30.6 Å². The highest BCUT2D eigenvalue weighted by Gasteiger charge is 2.28. The fraction of sp³-hybridized carbons (Fsp3) is 0.273. The highest BCUT2D eigenvalue weighted by Crippen LogP contribution is 2.32. The average Bonchev–Trinajstić information content (AvgIpc) is 3.18. The summed E-state index contributed by atoms with van der Waals surface area (Å²) in [6.07, 6.45) is 3.20. The van der Waals surface area contributed by atoms with E-state index in [1.807, 2.05) is 6.07 Å². The quantitative estimate of drug-likeness (QED) is 0.455. The summed E-state index contributed by atoms with van der Waals surface area (Å²) in [6, 6.07) is 4.99. The third-order valence-corrected chi connectivity index (χ3v) is 7.54. The first-order chi connectivity index (χ1) is 15.6. The summed E-state index contributed by atoms with van der Waals surface area (Å²) in [5, 5.41) is 5.10. The van der Waals surface area contributed by atoms with Crippen LogP contribution in [-0.2, 0) is 9.84 Å². The van der Waals surface area contributed by atoms with Crippen LogP contribution in [0, 0.1) is 12.7 Å². The number of benzene rings is 1. The van der Waals surface area contributed by atoms with E-state index < -0.39 is 9.84 Å². The highest BCUT2D eigenvalue weighted by molar-refractivity contribution is 7.91. The van der Waals surface area contributed by atoms with E-state index in [0.29, 0.717) is 33.7 Å². The molecule has 1 fully saturated rings. The topological polar surface area (TPSA) is 124 Å². The molecule has 0 atom stereocenters. The van der Waals surface area contributed by atoms with Crippen molar-refractivity contribution in [2.75, 3.05) is 35.2 Å². The van der Waals surface area contributed by atoms with Gasteiger partial charge in [0.05, 0.1) is 23.2 Å². The summed E-state index contributed by atoms with van der Waals surface area (Å²) >= 11 is 0. The first-order valence-electron chi connectivity index (χ1n) is 10.3. The Kier molecular flexibility index (Phi) is 4.82. The Hall–Kier alpha value is -3.60. The van der Waals surface area contributed by atoms with Crippen molar-refractivity contribution in [1.29, 1.82) is 0 Å². The molecule has 11 heteroatoms. The van der Waals surface area contributed by atoms with Gasteiger partial charge in [0.25, 0.3) is 0 Å². The van der Waals surface area contributed by atoms with E-state index in [2.05, 4.69) is 10.1 Å². The van der Waals surface area contributed by atoms with Gasteiger partial charge in [-0.15, -0.1) is 0 Å². The van der Waals surface area contributed by atoms with Crippen LogP contribution < -0.4 is 10.6 Å². The molecule has 0 amide bonds. The Morgan fingerprint density at radius 3 is 2.58 bits per heavy atom. The molecule has 1 aliphatic rings. The largest absolute Gasteiger partial charge is 0.383 e. The Morgan fingerprint density at radius 1 is 1.15 bits per heavy atom. The van der Waals surface area contributed by atoms with Crippen LogP contribution in [0.4, 0.5) is 16.0 Å². The molecule has 0 unspecified atom stereocenters. The van der Waals surface area contributed by atoms with Gasteiger partial charge in [0.2, 0.25) is 0 Å². The second-order valence-corrected chi connectivity index (χ2v) is 10.5. The Bertz CT molecular complexity index is 1550. The van der Waals surface area contributed by atoms with E-state index in [4.69, 9.17) is 10.7 Å². The van der Waals surface area contributed by atoms with Crippen LogP contribution in [0.1, 0.15) is 22.8 Å². The van der Waals surface area contributed by atoms with Gasteiger partial charge in [0.1, 0.15) is 23.0 Å². The Balaban J connectivity index is 1.69. The second kappa shape index (κ2) is 7.48. The molecule has 2 N–H and O–H groups in total. The molecule has 3 aromatic heterocycles. The number of rotatable bonds is 3. The smallest absolute Gasteiger partial charge is 0.167 e. The maximum absolute atomic E-state index is 13.9. The van der Waals surface area contributed by atoms with Crippen LogP contribution in [-0.4, -0.2) is 58.4 Å². The number of aromatic nitrogens is 4. The summed E-state index contributed by atoms with van der Waals surface area (Å²) in [4.78, 5) is 23.3. The molecule has 1 aromatic carbocycles. The van der Waals surface area contributed by atoms with Crippen molar-refractivity contribution in [2.45, 2.75) is 13.8 Å². The van der Waals surface area contributed by atoms with E-state index >= 15 is 0 Å². The van der Waals surface area contributed by atoms with Crippen molar-refractivity contribution in [1.82, 2.24) is 19.6 Å². The summed E-state index contributed by atoms with van der Waals surface area (Å²) in [5.41, 5.74) is 9.35. The van der Waals surface area contributed by atoms with Crippen molar-refractivity contribution >= 4 is 43.8 Å². The minimum absolute atomic E-state index is 0.0201. The standard InChI is InChI=1S/C22H21FN6O3S/c1-12-7-14-8-15(10-25-18(14)9-17(12)23)16-11-26-29-20(24)19(13(2)30)22(27-21(16)29)28-3-5-33(31,32)6-4-28/h7-11H,3-6,24H2,1-2H3. The number of hydrogen-bond donors (Lipinski definition) is 1. The van der Waals surface area contributed by atoms with Crippen molar-refractivity contribution < 1.29 is 17.6 Å². The molecule has 0 saturated carbocycles. The lowest BCUT2D eigenvalue weighted by Crippen LogP contribution is -2.41. The molecule has 33 heavy (non-hydrogen) atoms. The molecular weight excluding hydrogens is 447 g/mol. The predicted octanol–water partition coefficient (Wildman–Crippen LogP) is 2.41. The summed E-state index contributed by atoms with van der Waals surface area (Å²) < 4.78 is 39.1. The number of ketones is 1. The molecule has 0 radical (unpaired) electrons. The summed E-state index contributed by atoms with van der Waals surface area (Å²) in [6.45, 7) is 3.52. The van der Waals surface area contributed by atoms with Crippen LogP contribution in [0.5, 0.6) is 0 Å². The molecular formula is C22H21FN6O3S. The third-order valence-electron chi connectivity index (χ3n) is 5.93. The van der Waals surface area contributed by atoms with Gasteiger partial charge in [-0.1, -0.05) is 0 Å². The number of Topliss-reactive ketones (excluding diaryl/α,β-unsaturated/α-hetero) is 1. The van der Waals surface area contributed by atoms with Crippen molar-refractivity contribution in [3.63, 3.8) is 0 Å². The van der Waals surface area contributed by atoms with E-state index in [1.165, 1.54) is 17.5 Å². The molecule has 0 spiro atoms. The number of aryl methyl sites for hydroxylation is 1. The number of carbonyl (C=O) groups is 1. The van der Waals surface area contributed by atoms with Gasteiger partial charge in [0.15, 0.2) is 21.3 Å². The van der Waals surface area contributed by atoms with Crippen molar-refractivity contribution in [3.8, 4) is 11.1 Å². The van der Waals surface area contributed by atoms with Gasteiger partial charge in [-0.2, -0.15) is 9.61 Å². The molecule has 170 valence electrons. The Morgan fingerprint density at radius 2 is 1.88 bits per heavy atom. The minimum Gasteiger partial charge on any atom is -0.383 e. The summed E-state index contributed by atoms with van der Waals surface area (Å²) in [5.74, 6) is -0.170. The molecule has 0 bridgehead atoms. The molecule has 1 aliphatic heterocycles.